The van der Waals surface area contributed by atoms with Gasteiger partial charge in [-0.3, -0.25) is 0 Å². The molecular weight excluding hydrogens is 480 g/mol. The van der Waals surface area contributed by atoms with Gasteiger partial charge in [-0.15, -0.1) is 0 Å². The molecule has 0 spiro atoms. The minimum absolute atomic E-state index is 0.0489. The van der Waals surface area contributed by atoms with Gasteiger partial charge in [-0.2, -0.15) is 8.42 Å². The summed E-state index contributed by atoms with van der Waals surface area (Å²) in [5.41, 5.74) is 1.73. The van der Waals surface area contributed by atoms with Crippen LogP contribution in [0, 0.1) is 6.92 Å². The van der Waals surface area contributed by atoms with E-state index in [-0.39, 0.29) is 41.1 Å². The molecule has 0 saturated carbocycles. The molecule has 3 aromatic carbocycles. The number of rotatable bonds is 11. The van der Waals surface area contributed by atoms with Crippen molar-refractivity contribution in [2.75, 3.05) is 19.5 Å². The highest BCUT2D eigenvalue weighted by molar-refractivity contribution is 7.90. The highest BCUT2D eigenvalue weighted by atomic mass is 32.2. The molecule has 0 aliphatic rings. The molecule has 0 saturated heterocycles. The number of benzene rings is 3. The lowest BCUT2D eigenvalue weighted by molar-refractivity contribution is -0.0229. The standard InChI is InChI=1S/C24H26O8S2/c1-18-11-12-23(32-34(28,29)22-10-6-9-21(14-22)33(2,26)27)24(13-18)31-17-20(15-25)30-16-19-7-4-3-5-8-19/h3-14,20,25H,15-17H2,1-2H3. The number of hydrogen-bond donors (Lipinski definition) is 1. The lowest BCUT2D eigenvalue weighted by Crippen LogP contribution is -2.25. The van der Waals surface area contributed by atoms with E-state index in [4.69, 9.17) is 13.7 Å². The van der Waals surface area contributed by atoms with Gasteiger partial charge in [0.25, 0.3) is 0 Å². The maximum Gasteiger partial charge on any atom is 0.339 e. The number of aliphatic hydroxyl groups is 1. The fourth-order valence-corrected chi connectivity index (χ4v) is 4.68. The first kappa shape index (κ1) is 25.7. The maximum absolute atomic E-state index is 12.8. The van der Waals surface area contributed by atoms with Crippen LogP contribution in [-0.2, 0) is 31.3 Å². The van der Waals surface area contributed by atoms with Gasteiger partial charge in [-0.25, -0.2) is 8.42 Å². The predicted molar refractivity (Wildman–Crippen MR) is 126 cm³/mol. The molecule has 182 valence electrons. The van der Waals surface area contributed by atoms with Gasteiger partial charge in [-0.05, 0) is 48.4 Å². The number of hydrogen-bond acceptors (Lipinski definition) is 8. The molecule has 0 fully saturated rings. The second-order valence-corrected chi connectivity index (χ2v) is 11.2. The van der Waals surface area contributed by atoms with Gasteiger partial charge in [0.2, 0.25) is 0 Å². The van der Waals surface area contributed by atoms with Crippen LogP contribution >= 0.6 is 0 Å². The molecule has 3 aromatic rings. The Morgan fingerprint density at radius 1 is 0.853 bits per heavy atom. The van der Waals surface area contributed by atoms with Crippen molar-refractivity contribution >= 4 is 20.0 Å². The molecule has 3 rings (SSSR count). The molecular formula is C24H26O8S2. The van der Waals surface area contributed by atoms with Crippen LogP contribution in [0.5, 0.6) is 11.5 Å². The summed E-state index contributed by atoms with van der Waals surface area (Å²) in [7, 11) is -7.95. The van der Waals surface area contributed by atoms with Crippen LogP contribution in [0.4, 0.5) is 0 Å². The Morgan fingerprint density at radius 2 is 1.56 bits per heavy atom. The summed E-state index contributed by atoms with van der Waals surface area (Å²) in [6.07, 6.45) is 0.333. The Balaban J connectivity index is 1.75. The Kier molecular flexibility index (Phi) is 8.32. The Labute approximate surface area is 199 Å². The van der Waals surface area contributed by atoms with Gasteiger partial charge < -0.3 is 18.8 Å². The highest BCUT2D eigenvalue weighted by Crippen LogP contribution is 2.31. The fourth-order valence-electron chi connectivity index (χ4n) is 2.95. The van der Waals surface area contributed by atoms with Gasteiger partial charge >= 0.3 is 10.1 Å². The lowest BCUT2D eigenvalue weighted by Gasteiger charge is -2.18. The zero-order valence-corrected chi connectivity index (χ0v) is 20.4. The molecule has 34 heavy (non-hydrogen) atoms. The van der Waals surface area contributed by atoms with Crippen molar-refractivity contribution in [2.24, 2.45) is 0 Å². The molecule has 1 atom stereocenters. The maximum atomic E-state index is 12.8. The van der Waals surface area contributed by atoms with E-state index in [9.17, 15) is 21.9 Å². The van der Waals surface area contributed by atoms with E-state index in [0.29, 0.717) is 0 Å². The van der Waals surface area contributed by atoms with Crippen LogP contribution in [0.15, 0.2) is 82.6 Å². The number of sulfone groups is 1. The van der Waals surface area contributed by atoms with Gasteiger partial charge in [-0.1, -0.05) is 42.5 Å². The van der Waals surface area contributed by atoms with Crippen LogP contribution in [0.25, 0.3) is 0 Å². The molecule has 0 aliphatic carbocycles. The third-order valence-corrected chi connectivity index (χ3v) is 7.12. The minimum atomic E-state index is -4.35. The van der Waals surface area contributed by atoms with E-state index in [1.165, 1.54) is 24.3 Å². The smallest absolute Gasteiger partial charge is 0.339 e. The summed E-state index contributed by atoms with van der Waals surface area (Å²) in [4.78, 5) is -0.444. The molecule has 0 radical (unpaired) electrons. The van der Waals surface area contributed by atoms with Crippen LogP contribution in [0.2, 0.25) is 0 Å². The van der Waals surface area contributed by atoms with E-state index >= 15 is 0 Å². The van der Waals surface area contributed by atoms with Crippen molar-refractivity contribution in [2.45, 2.75) is 29.4 Å². The lowest BCUT2D eigenvalue weighted by atomic mass is 10.2. The van der Waals surface area contributed by atoms with E-state index in [1.807, 2.05) is 30.3 Å². The minimum Gasteiger partial charge on any atom is -0.487 e. The van der Waals surface area contributed by atoms with Crippen molar-refractivity contribution in [3.05, 3.63) is 83.9 Å². The highest BCUT2D eigenvalue weighted by Gasteiger charge is 2.22. The van der Waals surface area contributed by atoms with Crippen molar-refractivity contribution in [3.8, 4) is 11.5 Å². The third kappa shape index (κ3) is 7.04. The summed E-state index contributed by atoms with van der Waals surface area (Å²) in [5, 5.41) is 9.65. The van der Waals surface area contributed by atoms with Crippen LogP contribution in [0.3, 0.4) is 0 Å². The van der Waals surface area contributed by atoms with Gasteiger partial charge in [0.15, 0.2) is 21.3 Å². The quantitative estimate of drug-likeness (QED) is 0.395. The molecule has 0 heterocycles. The number of ether oxygens (including phenoxy) is 2. The van der Waals surface area contributed by atoms with Gasteiger partial charge in [0.05, 0.1) is 18.1 Å². The second-order valence-electron chi connectivity index (χ2n) is 7.65. The molecule has 0 amide bonds. The first-order valence-electron chi connectivity index (χ1n) is 10.3. The average molecular weight is 507 g/mol. The molecule has 1 N–H and O–H groups in total. The van der Waals surface area contributed by atoms with Crippen molar-refractivity contribution in [1.82, 2.24) is 0 Å². The van der Waals surface area contributed by atoms with Gasteiger partial charge in [0.1, 0.15) is 17.6 Å². The van der Waals surface area contributed by atoms with Gasteiger partial charge in [0, 0.05) is 6.26 Å². The van der Waals surface area contributed by atoms with E-state index in [0.717, 1.165) is 23.4 Å². The molecule has 0 aromatic heterocycles. The summed E-state index contributed by atoms with van der Waals surface area (Å²) >= 11 is 0. The summed E-state index contributed by atoms with van der Waals surface area (Å²) in [6, 6.07) is 19.1. The zero-order valence-electron chi connectivity index (χ0n) is 18.7. The summed E-state index contributed by atoms with van der Waals surface area (Å²) in [5.74, 6) is 0.0692. The van der Waals surface area contributed by atoms with Crippen LogP contribution < -0.4 is 8.92 Å². The molecule has 0 bridgehead atoms. The first-order chi connectivity index (χ1) is 16.1. The Morgan fingerprint density at radius 3 is 2.24 bits per heavy atom. The van der Waals surface area contributed by atoms with Crippen LogP contribution in [0.1, 0.15) is 11.1 Å². The van der Waals surface area contributed by atoms with Crippen LogP contribution in [-0.4, -0.2) is 47.5 Å². The summed E-state index contributed by atoms with van der Waals surface area (Å²) in [6.45, 7) is 1.73. The van der Waals surface area contributed by atoms with E-state index < -0.39 is 26.1 Å². The normalized spacial score (nSPS) is 12.8. The fraction of sp³-hybridized carbons (Fsp3) is 0.250. The first-order valence-corrected chi connectivity index (χ1v) is 13.6. The SMILES string of the molecule is Cc1ccc(OS(=O)(=O)c2cccc(S(C)(=O)=O)c2)c(OCC(CO)OCc2ccccc2)c1. The van der Waals surface area contributed by atoms with E-state index in [2.05, 4.69) is 0 Å². The average Bonchev–Trinajstić information content (AvgIpc) is 2.81. The number of aryl methyl sites for hydroxylation is 1. The molecule has 1 unspecified atom stereocenters. The Bertz CT molecular complexity index is 1320. The predicted octanol–water partition coefficient (Wildman–Crippen LogP) is 3.12. The van der Waals surface area contributed by atoms with Crippen molar-refractivity contribution in [1.29, 1.82) is 0 Å². The molecule has 0 aliphatic heterocycles. The summed E-state index contributed by atoms with van der Waals surface area (Å²) < 4.78 is 66.0. The molecule has 8 nitrogen and oxygen atoms in total. The zero-order chi connectivity index (χ0) is 24.8. The number of aliphatic hydroxyl groups excluding tert-OH is 1. The largest absolute Gasteiger partial charge is 0.487 e. The third-order valence-electron chi connectivity index (χ3n) is 4.78. The topological polar surface area (TPSA) is 116 Å². The van der Waals surface area contributed by atoms with E-state index in [1.54, 1.807) is 19.1 Å². The van der Waals surface area contributed by atoms with Crippen molar-refractivity contribution < 1.29 is 35.6 Å². The van der Waals surface area contributed by atoms with Crippen molar-refractivity contribution in [3.63, 3.8) is 0 Å². The monoisotopic (exact) mass is 506 g/mol. The second kappa shape index (κ2) is 11.0. The molecule has 10 heteroatoms. The Hall–Kier alpha value is -2.92.